The van der Waals surface area contributed by atoms with E-state index < -0.39 is 0 Å². The van der Waals surface area contributed by atoms with E-state index in [-0.39, 0.29) is 23.1 Å². The summed E-state index contributed by atoms with van der Waals surface area (Å²) >= 11 is 0. The first kappa shape index (κ1) is 13.0. The number of amides is 2. The van der Waals surface area contributed by atoms with Gasteiger partial charge in [-0.05, 0) is 12.0 Å². The van der Waals surface area contributed by atoms with Gasteiger partial charge in [-0.1, -0.05) is 13.8 Å². The summed E-state index contributed by atoms with van der Waals surface area (Å²) in [6, 6.07) is 0. The number of nitrogens with two attached hydrogens (primary N) is 1. The molecule has 0 aromatic carbocycles. The van der Waals surface area contributed by atoms with Crippen LogP contribution in [0, 0.1) is 11.3 Å². The maximum Gasteiger partial charge on any atom is 0.227 e. The molecule has 0 aromatic heterocycles. The van der Waals surface area contributed by atoms with Crippen molar-refractivity contribution in [3.63, 3.8) is 0 Å². The van der Waals surface area contributed by atoms with Gasteiger partial charge < -0.3 is 16.0 Å². The molecule has 1 rings (SSSR count). The Kier molecular flexibility index (Phi) is 3.91. The van der Waals surface area contributed by atoms with Crippen LogP contribution in [-0.4, -0.2) is 43.4 Å². The molecule has 1 atom stereocenters. The fraction of sp³-hybridized carbons (Fsp3) is 0.818. The Labute approximate surface area is 96.4 Å². The number of nitrogens with one attached hydrogen (secondary N) is 1. The predicted octanol–water partition coefficient (Wildman–Crippen LogP) is -0.434. The molecule has 2 amide bonds. The van der Waals surface area contributed by atoms with Crippen LogP contribution in [-0.2, 0) is 9.59 Å². The van der Waals surface area contributed by atoms with E-state index >= 15 is 0 Å². The summed E-state index contributed by atoms with van der Waals surface area (Å²) in [6.07, 6.45) is 0.312. The minimum Gasteiger partial charge on any atom is -0.355 e. The van der Waals surface area contributed by atoms with Crippen molar-refractivity contribution in [2.75, 3.05) is 26.7 Å². The molecule has 1 unspecified atom stereocenters. The Morgan fingerprint density at radius 1 is 1.62 bits per heavy atom. The molecule has 16 heavy (non-hydrogen) atoms. The van der Waals surface area contributed by atoms with Crippen molar-refractivity contribution in [2.24, 2.45) is 17.1 Å². The van der Waals surface area contributed by atoms with Gasteiger partial charge in [0.05, 0.1) is 5.92 Å². The molecule has 1 fully saturated rings. The Morgan fingerprint density at radius 2 is 2.25 bits per heavy atom. The van der Waals surface area contributed by atoms with Crippen molar-refractivity contribution in [1.82, 2.24) is 10.2 Å². The van der Waals surface area contributed by atoms with E-state index in [1.807, 2.05) is 13.8 Å². The number of rotatable bonds is 4. The molecule has 1 aliphatic heterocycles. The van der Waals surface area contributed by atoms with Crippen LogP contribution in [0.5, 0.6) is 0 Å². The number of hydrogen-bond acceptors (Lipinski definition) is 3. The average Bonchev–Trinajstić information content (AvgIpc) is 2.63. The molecule has 1 aliphatic rings. The molecule has 0 radical (unpaired) electrons. The third-order valence-corrected chi connectivity index (χ3v) is 2.92. The van der Waals surface area contributed by atoms with Crippen molar-refractivity contribution < 1.29 is 9.59 Å². The van der Waals surface area contributed by atoms with E-state index in [4.69, 9.17) is 5.73 Å². The normalized spacial score (nSPS) is 20.8. The van der Waals surface area contributed by atoms with Crippen LogP contribution in [0.1, 0.15) is 20.3 Å². The first-order valence-electron chi connectivity index (χ1n) is 5.57. The molecule has 0 aromatic rings. The number of hydrogen-bond donors (Lipinski definition) is 2. The third kappa shape index (κ3) is 3.20. The van der Waals surface area contributed by atoms with Gasteiger partial charge in [0.25, 0.3) is 0 Å². The van der Waals surface area contributed by atoms with Crippen molar-refractivity contribution in [3.8, 4) is 0 Å². The van der Waals surface area contributed by atoms with Crippen LogP contribution in [0.3, 0.4) is 0 Å². The number of nitrogens with zero attached hydrogens (tertiary/aromatic N) is 1. The largest absolute Gasteiger partial charge is 0.355 e. The fourth-order valence-electron chi connectivity index (χ4n) is 1.88. The zero-order valence-electron chi connectivity index (χ0n) is 10.2. The van der Waals surface area contributed by atoms with E-state index in [1.165, 1.54) is 0 Å². The van der Waals surface area contributed by atoms with Gasteiger partial charge in [-0.25, -0.2) is 0 Å². The zero-order chi connectivity index (χ0) is 12.3. The molecule has 92 valence electrons. The van der Waals surface area contributed by atoms with Crippen LogP contribution >= 0.6 is 0 Å². The number of carbonyl (C=O) groups excluding carboxylic acids is 2. The summed E-state index contributed by atoms with van der Waals surface area (Å²) < 4.78 is 0. The Morgan fingerprint density at radius 3 is 2.69 bits per heavy atom. The Balaban J connectivity index is 2.51. The van der Waals surface area contributed by atoms with E-state index in [9.17, 15) is 9.59 Å². The monoisotopic (exact) mass is 227 g/mol. The molecule has 0 bridgehead atoms. The molecule has 0 spiro atoms. The first-order valence-corrected chi connectivity index (χ1v) is 5.57. The van der Waals surface area contributed by atoms with Gasteiger partial charge in [0, 0.05) is 26.6 Å². The summed E-state index contributed by atoms with van der Waals surface area (Å²) in [5, 5.41) is 2.67. The third-order valence-electron chi connectivity index (χ3n) is 2.92. The van der Waals surface area contributed by atoms with Crippen LogP contribution in [0.15, 0.2) is 0 Å². The lowest BCUT2D eigenvalue weighted by molar-refractivity contribution is -0.135. The van der Waals surface area contributed by atoms with E-state index in [0.717, 1.165) is 0 Å². The highest BCUT2D eigenvalue weighted by atomic mass is 16.2. The summed E-state index contributed by atoms with van der Waals surface area (Å²) in [4.78, 5) is 24.7. The van der Waals surface area contributed by atoms with E-state index in [0.29, 0.717) is 26.1 Å². The lowest BCUT2D eigenvalue weighted by Gasteiger charge is -2.30. The van der Waals surface area contributed by atoms with Gasteiger partial charge in [-0.3, -0.25) is 9.59 Å². The summed E-state index contributed by atoms with van der Waals surface area (Å²) in [7, 11) is 1.77. The number of carbonyl (C=O) groups is 2. The zero-order valence-corrected chi connectivity index (χ0v) is 10.2. The first-order chi connectivity index (χ1) is 7.35. The summed E-state index contributed by atoms with van der Waals surface area (Å²) in [5.41, 5.74) is 5.54. The highest BCUT2D eigenvalue weighted by Crippen LogP contribution is 2.17. The smallest absolute Gasteiger partial charge is 0.227 e. The molecule has 3 N–H and O–H groups in total. The van der Waals surface area contributed by atoms with Crippen LogP contribution < -0.4 is 11.1 Å². The summed E-state index contributed by atoms with van der Waals surface area (Å²) in [5.74, 6) is -0.212. The second-order valence-corrected chi connectivity index (χ2v) is 5.27. The predicted molar refractivity (Wildman–Crippen MR) is 61.6 cm³/mol. The van der Waals surface area contributed by atoms with Gasteiger partial charge in [0.2, 0.25) is 11.8 Å². The summed E-state index contributed by atoms with van der Waals surface area (Å²) in [6.45, 7) is 5.66. The minimum atomic E-state index is -0.203. The van der Waals surface area contributed by atoms with Crippen LogP contribution in [0.4, 0.5) is 0 Å². The molecule has 5 heteroatoms. The van der Waals surface area contributed by atoms with Crippen molar-refractivity contribution in [1.29, 1.82) is 0 Å². The maximum atomic E-state index is 12.0. The van der Waals surface area contributed by atoms with Gasteiger partial charge in [0.15, 0.2) is 0 Å². The molecule has 5 nitrogen and oxygen atoms in total. The molecule has 0 saturated carbocycles. The average molecular weight is 227 g/mol. The SMILES string of the molecule is CN(CC(C)(C)CN)C(=O)C1CNC(=O)C1. The van der Waals surface area contributed by atoms with E-state index in [1.54, 1.807) is 11.9 Å². The highest BCUT2D eigenvalue weighted by molar-refractivity contribution is 5.89. The Bertz CT molecular complexity index is 289. The molecular weight excluding hydrogens is 206 g/mol. The van der Waals surface area contributed by atoms with Gasteiger partial charge in [0.1, 0.15) is 0 Å². The Hall–Kier alpha value is -1.10. The standard InChI is InChI=1S/C11H21N3O2/c1-11(2,6-12)7-14(3)10(16)8-4-9(15)13-5-8/h8H,4-7,12H2,1-3H3,(H,13,15). The van der Waals surface area contributed by atoms with Crippen molar-refractivity contribution in [2.45, 2.75) is 20.3 Å². The van der Waals surface area contributed by atoms with Crippen LogP contribution in [0.25, 0.3) is 0 Å². The minimum absolute atomic E-state index is 0.0277. The van der Waals surface area contributed by atoms with E-state index in [2.05, 4.69) is 5.32 Å². The highest BCUT2D eigenvalue weighted by Gasteiger charge is 2.31. The van der Waals surface area contributed by atoms with Gasteiger partial charge in [-0.2, -0.15) is 0 Å². The van der Waals surface area contributed by atoms with Crippen molar-refractivity contribution >= 4 is 11.8 Å². The maximum absolute atomic E-state index is 12.0. The second-order valence-electron chi connectivity index (χ2n) is 5.27. The quantitative estimate of drug-likeness (QED) is 0.684. The van der Waals surface area contributed by atoms with Gasteiger partial charge in [-0.15, -0.1) is 0 Å². The molecular formula is C11H21N3O2. The van der Waals surface area contributed by atoms with Crippen molar-refractivity contribution in [3.05, 3.63) is 0 Å². The van der Waals surface area contributed by atoms with Crippen LogP contribution in [0.2, 0.25) is 0 Å². The topological polar surface area (TPSA) is 75.4 Å². The molecule has 0 aliphatic carbocycles. The fourth-order valence-corrected chi connectivity index (χ4v) is 1.88. The molecule has 1 saturated heterocycles. The van der Waals surface area contributed by atoms with Gasteiger partial charge >= 0.3 is 0 Å². The lowest BCUT2D eigenvalue weighted by Crippen LogP contribution is -2.42. The molecule has 1 heterocycles. The second kappa shape index (κ2) is 4.82. The lowest BCUT2D eigenvalue weighted by atomic mass is 9.92.